The molecule has 2 aromatic carbocycles. The molecule has 4 aromatic rings. The average Bonchev–Trinajstić information content (AvgIpc) is 3.73. The third-order valence-corrected chi connectivity index (χ3v) is 10.7. The normalized spacial score (nSPS) is 19.3. The number of pyridine rings is 2. The van der Waals surface area contributed by atoms with Gasteiger partial charge in [0, 0.05) is 68.1 Å². The Balaban J connectivity index is 1.09. The van der Waals surface area contributed by atoms with E-state index in [1.54, 1.807) is 24.7 Å². The smallest absolute Gasteiger partial charge is 0.307 e. The first-order valence-electron chi connectivity index (χ1n) is 18.1. The second-order valence-electron chi connectivity index (χ2n) is 14.5. The average molecular weight is 697 g/mol. The number of nitrogens with zero attached hydrogens (tertiary/aromatic N) is 5. The van der Waals surface area contributed by atoms with Gasteiger partial charge in [-0.1, -0.05) is 42.5 Å². The Labute approximate surface area is 304 Å². The fourth-order valence-corrected chi connectivity index (χ4v) is 7.50. The summed E-state index contributed by atoms with van der Waals surface area (Å²) in [6, 6.07) is 16.2. The highest BCUT2D eigenvalue weighted by atomic mass is 16.4. The number of anilines is 1. The van der Waals surface area contributed by atoms with Crippen molar-refractivity contribution < 1.29 is 19.8 Å². The van der Waals surface area contributed by atoms with Gasteiger partial charge in [-0.25, -0.2) is 0 Å². The maximum atomic E-state index is 13.2. The number of aliphatic carboxylic acids is 1. The number of nitriles is 1. The third-order valence-electron chi connectivity index (χ3n) is 10.7. The largest absolute Gasteiger partial charge is 0.481 e. The quantitative estimate of drug-likeness (QED) is 0.162. The summed E-state index contributed by atoms with van der Waals surface area (Å²) in [5.74, 6) is -0.828. The highest BCUT2D eigenvalue weighted by Crippen LogP contribution is 2.43. The molecular weight excluding hydrogens is 653 g/mol. The number of hydrogen-bond donors (Lipinski definition) is 3. The number of β-amino-alcohol motifs (C(OH)–C–C–N with tert-alkyl or cyclic N) is 1. The molecule has 10 heteroatoms. The predicted molar refractivity (Wildman–Crippen MR) is 200 cm³/mol. The lowest BCUT2D eigenvalue weighted by Gasteiger charge is -2.19. The molecule has 266 valence electrons. The Morgan fingerprint density at radius 2 is 1.73 bits per heavy atom. The molecule has 0 bridgehead atoms. The zero-order valence-electron chi connectivity index (χ0n) is 29.7. The molecular formula is C42H44N6O4. The maximum Gasteiger partial charge on any atom is 0.307 e. The van der Waals surface area contributed by atoms with Gasteiger partial charge < -0.3 is 15.5 Å². The van der Waals surface area contributed by atoms with E-state index >= 15 is 0 Å². The van der Waals surface area contributed by atoms with Crippen molar-refractivity contribution in [1.29, 1.82) is 5.26 Å². The molecule has 2 aromatic heterocycles. The number of aryl methyl sites for hydroxylation is 1. The van der Waals surface area contributed by atoms with Crippen molar-refractivity contribution in [3.05, 3.63) is 111 Å². The van der Waals surface area contributed by atoms with Crippen LogP contribution >= 0.6 is 0 Å². The summed E-state index contributed by atoms with van der Waals surface area (Å²) < 4.78 is 0. The van der Waals surface area contributed by atoms with Crippen LogP contribution in [0.3, 0.4) is 0 Å². The number of benzene rings is 2. The molecule has 2 atom stereocenters. The van der Waals surface area contributed by atoms with Gasteiger partial charge in [-0.15, -0.1) is 0 Å². The molecule has 10 nitrogen and oxygen atoms in total. The van der Waals surface area contributed by atoms with E-state index in [0.29, 0.717) is 60.0 Å². The first-order valence-corrected chi connectivity index (χ1v) is 18.1. The number of rotatable bonds is 11. The lowest BCUT2D eigenvalue weighted by atomic mass is 9.93. The zero-order chi connectivity index (χ0) is 36.4. The number of nitrogens with one attached hydrogen (secondary N) is 1. The number of likely N-dealkylation sites (tertiary alicyclic amines) is 2. The minimum Gasteiger partial charge on any atom is -0.481 e. The van der Waals surface area contributed by atoms with E-state index in [4.69, 9.17) is 0 Å². The number of carboxylic acid groups (broad SMARTS) is 1. The highest BCUT2D eigenvalue weighted by Gasteiger charge is 2.30. The van der Waals surface area contributed by atoms with Crippen molar-refractivity contribution in [3.63, 3.8) is 0 Å². The first-order chi connectivity index (χ1) is 25.2. The van der Waals surface area contributed by atoms with Crippen LogP contribution in [0.15, 0.2) is 61.1 Å². The van der Waals surface area contributed by atoms with Gasteiger partial charge in [0.1, 0.15) is 11.8 Å². The van der Waals surface area contributed by atoms with Gasteiger partial charge >= 0.3 is 5.97 Å². The Morgan fingerprint density at radius 1 is 0.942 bits per heavy atom. The topological polar surface area (TPSA) is 143 Å². The molecule has 0 spiro atoms. The molecule has 1 aliphatic carbocycles. The second-order valence-corrected chi connectivity index (χ2v) is 14.5. The van der Waals surface area contributed by atoms with E-state index < -0.39 is 5.97 Å². The molecule has 2 aliphatic heterocycles. The molecule has 2 saturated heterocycles. The molecule has 0 radical (unpaired) electrons. The summed E-state index contributed by atoms with van der Waals surface area (Å²) in [7, 11) is 0. The van der Waals surface area contributed by atoms with Crippen LogP contribution in [0.25, 0.3) is 23.3 Å². The van der Waals surface area contributed by atoms with Crippen LogP contribution in [-0.2, 0) is 17.9 Å². The van der Waals surface area contributed by atoms with Crippen molar-refractivity contribution >= 4 is 29.7 Å². The van der Waals surface area contributed by atoms with E-state index in [0.717, 1.165) is 61.2 Å². The van der Waals surface area contributed by atoms with Crippen LogP contribution in [0, 0.1) is 31.1 Å². The molecule has 3 fully saturated rings. The lowest BCUT2D eigenvalue weighted by Crippen LogP contribution is -2.23. The van der Waals surface area contributed by atoms with Crippen molar-refractivity contribution in [2.75, 3.05) is 31.5 Å². The molecule has 1 amide bonds. The Kier molecular flexibility index (Phi) is 10.3. The molecule has 4 heterocycles. The summed E-state index contributed by atoms with van der Waals surface area (Å²) in [6.45, 7) is 8.33. The number of aliphatic hydroxyl groups is 1. The number of aromatic nitrogens is 2. The SMILES string of the molecule is Cc1cc(/C=C/c2cncc(-c3cccc(NC(=O)c4ccc(CN5CC[C@@H](O)C5)cn4)c3C)c2C#N)c(C2CC2)cc1CN1CCC(C(=O)O)C1. The van der Waals surface area contributed by atoms with E-state index in [9.17, 15) is 25.1 Å². The lowest BCUT2D eigenvalue weighted by molar-refractivity contribution is -0.141. The van der Waals surface area contributed by atoms with E-state index in [2.05, 4.69) is 56.3 Å². The first kappa shape index (κ1) is 35.2. The van der Waals surface area contributed by atoms with E-state index in [1.165, 1.54) is 16.7 Å². The summed E-state index contributed by atoms with van der Waals surface area (Å²) in [4.78, 5) is 38.1. The van der Waals surface area contributed by atoms with E-state index in [-0.39, 0.29) is 17.9 Å². The summed E-state index contributed by atoms with van der Waals surface area (Å²) in [5, 5.41) is 32.7. The number of carboxylic acids is 1. The van der Waals surface area contributed by atoms with Crippen molar-refractivity contribution in [2.24, 2.45) is 5.92 Å². The van der Waals surface area contributed by atoms with Crippen LogP contribution in [-0.4, -0.2) is 74.1 Å². The molecule has 52 heavy (non-hydrogen) atoms. The number of carbonyl (C=O) groups is 2. The van der Waals surface area contributed by atoms with Crippen molar-refractivity contribution in [1.82, 2.24) is 19.8 Å². The maximum absolute atomic E-state index is 13.2. The van der Waals surface area contributed by atoms with Gasteiger partial charge in [0.2, 0.25) is 0 Å². The van der Waals surface area contributed by atoms with Crippen molar-refractivity contribution in [3.8, 4) is 17.2 Å². The minimum atomic E-state index is -0.713. The summed E-state index contributed by atoms with van der Waals surface area (Å²) in [5.41, 5.74) is 10.3. The van der Waals surface area contributed by atoms with Gasteiger partial charge in [-0.05, 0) is 103 Å². The number of carbonyl (C=O) groups excluding carboxylic acids is 1. The minimum absolute atomic E-state index is 0.284. The van der Waals surface area contributed by atoms with Crippen LogP contribution in [0.5, 0.6) is 0 Å². The highest BCUT2D eigenvalue weighted by molar-refractivity contribution is 6.04. The van der Waals surface area contributed by atoms with Gasteiger partial charge in [0.15, 0.2) is 0 Å². The van der Waals surface area contributed by atoms with Gasteiger partial charge in [-0.3, -0.25) is 29.4 Å². The monoisotopic (exact) mass is 696 g/mol. The molecule has 1 unspecified atom stereocenters. The predicted octanol–water partition coefficient (Wildman–Crippen LogP) is 6.41. The van der Waals surface area contributed by atoms with Gasteiger partial charge in [0.25, 0.3) is 5.91 Å². The number of aliphatic hydroxyl groups excluding tert-OH is 1. The fraction of sp³-hybridized carbons (Fsp3) is 0.357. The standard InChI is InChI=1S/C42H44N6O4/c1-26-16-30(36(29-7-8-29)17-33(26)24-48-14-12-32(23-48)42(51)52)9-10-31-20-44-21-38(37(31)18-43)35-4-3-5-39(27(35)2)46-41(50)40-11-6-28(19-45-40)22-47-15-13-34(49)25-47/h3-6,9-11,16-17,19-21,29,32,34,49H,7-8,12-15,22-25H2,1-2H3,(H,46,50)(H,51,52)/b10-9+/t32?,34-/m1/s1. The van der Waals surface area contributed by atoms with Crippen molar-refractivity contribution in [2.45, 2.75) is 64.6 Å². The molecule has 7 rings (SSSR count). The Morgan fingerprint density at radius 3 is 2.42 bits per heavy atom. The van der Waals surface area contributed by atoms with Crippen LogP contribution in [0.1, 0.15) is 86.6 Å². The molecule has 3 N–H and O–H groups in total. The van der Waals surface area contributed by atoms with E-state index in [1.807, 2.05) is 37.3 Å². The molecule has 3 aliphatic rings. The third kappa shape index (κ3) is 7.82. The number of amides is 1. The van der Waals surface area contributed by atoms with Gasteiger partial charge in [0.05, 0.1) is 17.6 Å². The second kappa shape index (κ2) is 15.2. The van der Waals surface area contributed by atoms with Crippen LogP contribution < -0.4 is 5.32 Å². The van der Waals surface area contributed by atoms with Crippen LogP contribution in [0.4, 0.5) is 5.69 Å². The number of hydrogen-bond acceptors (Lipinski definition) is 8. The summed E-state index contributed by atoms with van der Waals surface area (Å²) >= 11 is 0. The Hall–Kier alpha value is -5.21. The summed E-state index contributed by atoms with van der Waals surface area (Å²) in [6.07, 6.45) is 12.6. The fourth-order valence-electron chi connectivity index (χ4n) is 7.50. The van der Waals surface area contributed by atoms with Gasteiger partial charge in [-0.2, -0.15) is 5.26 Å². The Bertz CT molecular complexity index is 2070. The van der Waals surface area contributed by atoms with Crippen LogP contribution in [0.2, 0.25) is 0 Å². The zero-order valence-corrected chi connectivity index (χ0v) is 29.7. The molecule has 1 saturated carbocycles.